The third-order valence-electron chi connectivity index (χ3n) is 7.60. The van der Waals surface area contributed by atoms with Gasteiger partial charge in [0, 0.05) is 0 Å². The number of phenolic OH excluding ortho intramolecular Hbond substituents is 2. The largest absolute Gasteiger partial charge is 0.508 e. The molecule has 2 aliphatic carbocycles. The fourth-order valence-corrected chi connectivity index (χ4v) is 4.74. The molecule has 0 saturated carbocycles. The molecule has 0 amide bonds. The molecular formula is C35H34O6. The van der Waals surface area contributed by atoms with E-state index in [0.717, 1.165) is 33.4 Å². The molecule has 0 heterocycles. The lowest BCUT2D eigenvalue weighted by Crippen LogP contribution is -2.32. The molecular weight excluding hydrogens is 516 g/mol. The Bertz CT molecular complexity index is 1520. The van der Waals surface area contributed by atoms with Crippen LogP contribution in [0.25, 0.3) is 11.1 Å². The Morgan fingerprint density at radius 3 is 1.56 bits per heavy atom. The third-order valence-corrected chi connectivity index (χ3v) is 7.60. The highest BCUT2D eigenvalue weighted by Crippen LogP contribution is 2.37. The summed E-state index contributed by atoms with van der Waals surface area (Å²) in [4.78, 5) is 23.0. The number of hydrogen-bond donors (Lipinski definition) is 4. The Balaban J connectivity index is 0.000000201. The zero-order valence-corrected chi connectivity index (χ0v) is 23.1. The highest BCUT2D eigenvalue weighted by molar-refractivity contribution is 5.84. The van der Waals surface area contributed by atoms with E-state index < -0.39 is 22.8 Å². The van der Waals surface area contributed by atoms with E-state index >= 15 is 0 Å². The zero-order valence-electron chi connectivity index (χ0n) is 23.1. The Morgan fingerprint density at radius 1 is 0.683 bits per heavy atom. The molecule has 0 aliphatic heterocycles. The first-order chi connectivity index (χ1) is 19.5. The number of hydrogen-bond acceptors (Lipinski definition) is 4. The SMILES string of the molecule is CC1(C(=O)O)C=CC(c2ccc(O)cc2)=CC1.Cc1ccc(CC2(C(=O)O)C=CC(c3ccc(O)cc3)=CC2)cc1. The van der Waals surface area contributed by atoms with Gasteiger partial charge in [-0.1, -0.05) is 90.6 Å². The van der Waals surface area contributed by atoms with Gasteiger partial charge in [-0.3, -0.25) is 9.59 Å². The van der Waals surface area contributed by atoms with Gasteiger partial charge in [-0.15, -0.1) is 0 Å². The molecule has 0 aromatic heterocycles. The van der Waals surface area contributed by atoms with E-state index in [-0.39, 0.29) is 11.5 Å². The van der Waals surface area contributed by atoms with Crippen molar-refractivity contribution in [1.29, 1.82) is 0 Å². The molecule has 0 spiro atoms. The monoisotopic (exact) mass is 550 g/mol. The number of carboxylic acid groups (broad SMARTS) is 2. The summed E-state index contributed by atoms with van der Waals surface area (Å²) in [5.41, 5.74) is 4.39. The van der Waals surface area contributed by atoms with Crippen molar-refractivity contribution in [3.8, 4) is 11.5 Å². The molecule has 0 bridgehead atoms. The third kappa shape index (κ3) is 7.03. The molecule has 2 aliphatic rings. The number of allylic oxidation sites excluding steroid dienone is 6. The second-order valence-electron chi connectivity index (χ2n) is 10.8. The Hall–Kier alpha value is -4.84. The lowest BCUT2D eigenvalue weighted by Gasteiger charge is -2.28. The molecule has 0 fully saturated rings. The predicted molar refractivity (Wildman–Crippen MR) is 160 cm³/mol. The van der Waals surface area contributed by atoms with Gasteiger partial charge in [-0.2, -0.15) is 0 Å². The van der Waals surface area contributed by atoms with Crippen molar-refractivity contribution < 1.29 is 30.0 Å². The number of carbonyl (C=O) groups is 2. The Morgan fingerprint density at radius 2 is 1.17 bits per heavy atom. The van der Waals surface area contributed by atoms with Crippen molar-refractivity contribution in [2.24, 2.45) is 10.8 Å². The van der Waals surface area contributed by atoms with Crippen LogP contribution < -0.4 is 0 Å². The smallest absolute Gasteiger partial charge is 0.314 e. The Kier molecular flexibility index (Phi) is 8.62. The lowest BCUT2D eigenvalue weighted by molar-refractivity contribution is -0.146. The first-order valence-corrected chi connectivity index (χ1v) is 13.4. The van der Waals surface area contributed by atoms with Gasteiger partial charge < -0.3 is 20.4 Å². The summed E-state index contributed by atoms with van der Waals surface area (Å²) in [5, 5.41) is 37.4. The van der Waals surface area contributed by atoms with Crippen LogP contribution in [0.4, 0.5) is 0 Å². The maximum Gasteiger partial charge on any atom is 0.314 e. The van der Waals surface area contributed by atoms with Gasteiger partial charge in [-0.05, 0) is 85.2 Å². The first kappa shape index (κ1) is 29.2. The highest BCUT2D eigenvalue weighted by Gasteiger charge is 2.37. The Labute approximate surface area is 239 Å². The summed E-state index contributed by atoms with van der Waals surface area (Å²) in [6, 6.07) is 21.8. The fourth-order valence-electron chi connectivity index (χ4n) is 4.74. The molecule has 0 saturated heterocycles. The summed E-state index contributed by atoms with van der Waals surface area (Å²) in [6.07, 6.45) is 12.5. The normalized spacial score (nSPS) is 21.2. The average molecular weight is 551 g/mol. The highest BCUT2D eigenvalue weighted by atomic mass is 16.4. The predicted octanol–water partition coefficient (Wildman–Crippen LogP) is 7.18. The topological polar surface area (TPSA) is 115 Å². The van der Waals surface area contributed by atoms with Crippen LogP contribution in [0.2, 0.25) is 0 Å². The van der Waals surface area contributed by atoms with Gasteiger partial charge in [-0.25, -0.2) is 0 Å². The minimum Gasteiger partial charge on any atom is -0.508 e. The van der Waals surface area contributed by atoms with Crippen LogP contribution >= 0.6 is 0 Å². The van der Waals surface area contributed by atoms with E-state index in [1.807, 2.05) is 79.8 Å². The van der Waals surface area contributed by atoms with Crippen LogP contribution in [0.3, 0.4) is 0 Å². The molecule has 2 atom stereocenters. The molecule has 0 radical (unpaired) electrons. The molecule has 4 N–H and O–H groups in total. The molecule has 2 unspecified atom stereocenters. The summed E-state index contributed by atoms with van der Waals surface area (Å²) in [7, 11) is 0. The molecule has 41 heavy (non-hydrogen) atoms. The second kappa shape index (κ2) is 12.1. The van der Waals surface area contributed by atoms with Gasteiger partial charge in [0.2, 0.25) is 0 Å². The summed E-state index contributed by atoms with van der Waals surface area (Å²) < 4.78 is 0. The van der Waals surface area contributed by atoms with E-state index in [9.17, 15) is 24.9 Å². The molecule has 210 valence electrons. The molecule has 3 aromatic carbocycles. The number of aliphatic carboxylic acids is 2. The summed E-state index contributed by atoms with van der Waals surface area (Å²) >= 11 is 0. The quantitative estimate of drug-likeness (QED) is 0.258. The van der Waals surface area contributed by atoms with Crippen molar-refractivity contribution in [3.63, 3.8) is 0 Å². The van der Waals surface area contributed by atoms with Gasteiger partial charge in [0.25, 0.3) is 0 Å². The number of phenols is 2. The minimum absolute atomic E-state index is 0.221. The van der Waals surface area contributed by atoms with Crippen molar-refractivity contribution >= 4 is 23.1 Å². The number of benzene rings is 3. The van der Waals surface area contributed by atoms with Crippen LogP contribution in [0.15, 0.2) is 109 Å². The molecule has 6 nitrogen and oxygen atoms in total. The van der Waals surface area contributed by atoms with Gasteiger partial charge in [0.05, 0.1) is 10.8 Å². The lowest BCUT2D eigenvalue weighted by atomic mass is 9.74. The zero-order chi connectivity index (χ0) is 29.6. The van der Waals surface area contributed by atoms with E-state index in [2.05, 4.69) is 0 Å². The van der Waals surface area contributed by atoms with Crippen LogP contribution in [0.1, 0.15) is 42.0 Å². The maximum atomic E-state index is 11.9. The molecule has 5 rings (SSSR count). The van der Waals surface area contributed by atoms with E-state index in [1.54, 1.807) is 43.3 Å². The van der Waals surface area contributed by atoms with E-state index in [4.69, 9.17) is 5.11 Å². The standard InChI is InChI=1S/C21H20O3.C14H14O3/c1-15-2-4-16(5-3-15)14-21(20(23)24)12-10-18(11-13-21)17-6-8-19(22)9-7-17;1-14(13(16)17)8-6-11(7-9-14)10-2-4-12(15)5-3-10/h2-12,22H,13-14H2,1H3,(H,23,24);2-8,15H,9H2,1H3,(H,16,17). The fraction of sp³-hybridized carbons (Fsp3) is 0.200. The van der Waals surface area contributed by atoms with Crippen LogP contribution in [-0.2, 0) is 16.0 Å². The molecule has 6 heteroatoms. The van der Waals surface area contributed by atoms with Crippen molar-refractivity contribution in [1.82, 2.24) is 0 Å². The van der Waals surface area contributed by atoms with Crippen molar-refractivity contribution in [3.05, 3.63) is 132 Å². The van der Waals surface area contributed by atoms with Crippen molar-refractivity contribution in [2.45, 2.75) is 33.1 Å². The maximum absolute atomic E-state index is 11.9. The summed E-state index contributed by atoms with van der Waals surface area (Å²) in [5.74, 6) is -1.17. The minimum atomic E-state index is -0.907. The van der Waals surface area contributed by atoms with Crippen LogP contribution in [0, 0.1) is 17.8 Å². The number of carboxylic acids is 2. The van der Waals surface area contributed by atoms with E-state index in [0.29, 0.717) is 19.3 Å². The number of aryl methyl sites for hydroxylation is 1. The number of aromatic hydroxyl groups is 2. The van der Waals surface area contributed by atoms with E-state index in [1.165, 1.54) is 0 Å². The van der Waals surface area contributed by atoms with Gasteiger partial charge in [0.15, 0.2) is 0 Å². The molecule has 3 aromatic rings. The van der Waals surface area contributed by atoms with Crippen LogP contribution in [-0.4, -0.2) is 32.4 Å². The number of rotatable bonds is 6. The second-order valence-corrected chi connectivity index (χ2v) is 10.8. The van der Waals surface area contributed by atoms with Crippen molar-refractivity contribution in [2.75, 3.05) is 0 Å². The summed E-state index contributed by atoms with van der Waals surface area (Å²) in [6.45, 7) is 3.72. The van der Waals surface area contributed by atoms with Gasteiger partial charge in [0.1, 0.15) is 11.5 Å². The average Bonchev–Trinajstić information content (AvgIpc) is 2.96. The van der Waals surface area contributed by atoms with Gasteiger partial charge >= 0.3 is 11.9 Å². The first-order valence-electron chi connectivity index (χ1n) is 13.4. The van der Waals surface area contributed by atoms with Crippen LogP contribution in [0.5, 0.6) is 11.5 Å².